The van der Waals surface area contributed by atoms with Crippen molar-refractivity contribution in [2.75, 3.05) is 19.0 Å². The van der Waals surface area contributed by atoms with Crippen LogP contribution in [0.2, 0.25) is 0 Å². The van der Waals surface area contributed by atoms with Crippen molar-refractivity contribution in [1.82, 2.24) is 4.90 Å². The lowest BCUT2D eigenvalue weighted by Gasteiger charge is -2.71. The molecule has 3 fully saturated rings. The maximum atomic E-state index is 14.7. The van der Waals surface area contributed by atoms with Crippen LogP contribution in [0.1, 0.15) is 74.7 Å². The first kappa shape index (κ1) is 33.9. The van der Waals surface area contributed by atoms with Crippen LogP contribution in [0.4, 0.5) is 10.5 Å². The molecule has 3 aromatic rings. The van der Waals surface area contributed by atoms with E-state index in [1.165, 1.54) is 0 Å². The predicted molar refractivity (Wildman–Crippen MR) is 198 cm³/mol. The van der Waals surface area contributed by atoms with E-state index in [0.29, 0.717) is 36.4 Å². The van der Waals surface area contributed by atoms with Gasteiger partial charge in [-0.05, 0) is 92.0 Å². The van der Waals surface area contributed by atoms with Gasteiger partial charge in [0.15, 0.2) is 5.78 Å². The Labute approximate surface area is 301 Å². The molecule has 6 aliphatic carbocycles. The molecule has 7 nitrogen and oxygen atoms in total. The highest BCUT2D eigenvalue weighted by Crippen LogP contribution is 2.78. The third-order valence-corrected chi connectivity index (χ3v) is 14.3. The van der Waals surface area contributed by atoms with E-state index in [0.717, 1.165) is 43.2 Å². The molecule has 266 valence electrons. The van der Waals surface area contributed by atoms with E-state index in [9.17, 15) is 19.8 Å². The second kappa shape index (κ2) is 12.2. The number of aliphatic hydroxyl groups is 2. The molecule has 6 aliphatic rings. The number of aliphatic hydroxyl groups excluding tert-OH is 1. The van der Waals surface area contributed by atoms with Gasteiger partial charge in [0.2, 0.25) is 0 Å². The molecule has 9 rings (SSSR count). The summed E-state index contributed by atoms with van der Waals surface area (Å²) in [5, 5.41) is 27.1. The molecule has 0 heterocycles. The van der Waals surface area contributed by atoms with E-state index in [1.54, 1.807) is 12.0 Å². The smallest absolute Gasteiger partial charge is 0.322 e. The minimum Gasteiger partial charge on any atom is -0.497 e. The highest BCUT2D eigenvalue weighted by molar-refractivity contribution is 6.10. The summed E-state index contributed by atoms with van der Waals surface area (Å²) in [6, 6.07) is 26.5. The number of amides is 2. The topological polar surface area (TPSA) is 99.1 Å². The number of nitrogens with zero attached hydrogens (tertiary/aromatic N) is 1. The fourth-order valence-electron chi connectivity index (χ4n) is 11.5. The van der Waals surface area contributed by atoms with E-state index < -0.39 is 22.5 Å². The van der Waals surface area contributed by atoms with E-state index in [-0.39, 0.29) is 41.0 Å². The summed E-state index contributed by atoms with van der Waals surface area (Å²) in [7, 11) is 1.61. The van der Waals surface area contributed by atoms with Gasteiger partial charge in [0.25, 0.3) is 0 Å². The number of hydrogen-bond donors (Lipinski definition) is 3. The minimum absolute atomic E-state index is 0.00545. The van der Waals surface area contributed by atoms with Crippen LogP contribution < -0.4 is 10.1 Å². The lowest BCUT2D eigenvalue weighted by Crippen LogP contribution is -2.67. The van der Waals surface area contributed by atoms with Crippen molar-refractivity contribution >= 4 is 17.5 Å². The Morgan fingerprint density at radius 1 is 0.843 bits per heavy atom. The van der Waals surface area contributed by atoms with Gasteiger partial charge in [0.1, 0.15) is 5.75 Å². The number of methoxy groups -OCH3 is 1. The first-order valence-corrected chi connectivity index (χ1v) is 18.6. The zero-order valence-electron chi connectivity index (χ0n) is 30.0. The Hall–Kier alpha value is -4.20. The summed E-state index contributed by atoms with van der Waals surface area (Å²) in [5.41, 5.74) is 0.348. The number of carbonyl (C=O) groups is 2. The predicted octanol–water partition coefficient (Wildman–Crippen LogP) is 8.20. The number of carbonyl (C=O) groups excluding carboxylic acids is 2. The summed E-state index contributed by atoms with van der Waals surface area (Å²) >= 11 is 0. The highest BCUT2D eigenvalue weighted by Gasteiger charge is 2.74. The van der Waals surface area contributed by atoms with Gasteiger partial charge in [-0.1, -0.05) is 92.7 Å². The SMILES string of the molecule is COc1ccc(NC(=O)N(Cc2ccccc2)C[C@]2(O)CC[C@H]3[C@]45C=C[C@@]6(C=C4C(=O)c4ccccc4)CC(O)CC[C@]6(C)[C@H]5CC[C@@]32C)cc1. The third kappa shape index (κ3) is 5.06. The van der Waals surface area contributed by atoms with Crippen molar-refractivity contribution in [2.24, 2.45) is 33.5 Å². The number of urea groups is 1. The summed E-state index contributed by atoms with van der Waals surface area (Å²) in [4.78, 5) is 30.6. The second-order valence-electron chi connectivity index (χ2n) is 16.5. The van der Waals surface area contributed by atoms with Crippen LogP contribution in [0.25, 0.3) is 0 Å². The molecule has 0 saturated heterocycles. The molecule has 2 amide bonds. The number of ether oxygens (including phenoxy) is 1. The van der Waals surface area contributed by atoms with Crippen molar-refractivity contribution in [2.45, 2.75) is 77.0 Å². The van der Waals surface area contributed by atoms with Gasteiger partial charge in [0.05, 0.1) is 25.4 Å². The maximum Gasteiger partial charge on any atom is 0.322 e. The van der Waals surface area contributed by atoms with Crippen LogP contribution in [0.3, 0.4) is 0 Å². The molecule has 0 aromatic heterocycles. The number of anilines is 1. The molecule has 1 unspecified atom stereocenters. The number of benzene rings is 3. The number of ketones is 1. The second-order valence-corrected chi connectivity index (χ2v) is 16.5. The summed E-state index contributed by atoms with van der Waals surface area (Å²) < 4.78 is 5.31. The quantitative estimate of drug-likeness (QED) is 0.164. The van der Waals surface area contributed by atoms with Crippen molar-refractivity contribution < 1.29 is 24.5 Å². The molecule has 7 heteroatoms. The van der Waals surface area contributed by atoms with Crippen LogP contribution in [0, 0.1) is 33.5 Å². The Kier molecular flexibility index (Phi) is 8.11. The average molecular weight is 687 g/mol. The first-order chi connectivity index (χ1) is 24.5. The van der Waals surface area contributed by atoms with Crippen molar-refractivity contribution in [3.8, 4) is 5.75 Å². The fraction of sp³-hybridized carbons (Fsp3) is 0.455. The van der Waals surface area contributed by atoms with Crippen LogP contribution in [-0.2, 0) is 6.54 Å². The lowest BCUT2D eigenvalue weighted by atomic mass is 9.32. The van der Waals surface area contributed by atoms with Crippen LogP contribution >= 0.6 is 0 Å². The van der Waals surface area contributed by atoms with E-state index in [1.807, 2.05) is 84.9 Å². The van der Waals surface area contributed by atoms with Gasteiger partial charge in [-0.2, -0.15) is 0 Å². The summed E-state index contributed by atoms with van der Waals surface area (Å²) in [5.74, 6) is 0.955. The lowest BCUT2D eigenvalue weighted by molar-refractivity contribution is -0.174. The van der Waals surface area contributed by atoms with Gasteiger partial charge in [-0.25, -0.2) is 4.79 Å². The molecule has 3 N–H and O–H groups in total. The van der Waals surface area contributed by atoms with Gasteiger partial charge >= 0.3 is 6.03 Å². The van der Waals surface area contributed by atoms with Crippen LogP contribution in [0.15, 0.2) is 109 Å². The summed E-state index contributed by atoms with van der Waals surface area (Å²) in [6.45, 7) is 5.14. The Morgan fingerprint density at radius 3 is 2.20 bits per heavy atom. The summed E-state index contributed by atoms with van der Waals surface area (Å²) in [6.07, 6.45) is 11.8. The van der Waals surface area contributed by atoms with Gasteiger partial charge < -0.3 is 25.2 Å². The first-order valence-electron chi connectivity index (χ1n) is 18.6. The standard InChI is InChI=1S/C44H50N2O5/c1-40-21-18-33(47)26-42(40)24-25-44(35(27-42)38(48)31-12-8-5-9-13-31)36(40)19-22-41(2)37(44)20-23-43(41,50)29-46(28-30-10-6-4-7-11-30)39(49)45-32-14-16-34(51-3)17-15-32/h4-17,24-25,27,33,36-37,47,50H,18-23,26,28-29H2,1-3H3,(H,45,49)/t33?,36-,37-,40-,41+,42+,43-,44-/m1/s1. The van der Waals surface area contributed by atoms with E-state index in [2.05, 4.69) is 37.4 Å². The molecule has 0 aliphatic heterocycles. The Bertz CT molecular complexity index is 1880. The fourth-order valence-corrected chi connectivity index (χ4v) is 11.5. The van der Waals surface area contributed by atoms with Crippen molar-refractivity contribution in [3.63, 3.8) is 0 Å². The molecular weight excluding hydrogens is 636 g/mol. The third-order valence-electron chi connectivity index (χ3n) is 14.3. The molecular formula is C44H50N2O5. The molecule has 3 saturated carbocycles. The maximum absolute atomic E-state index is 14.7. The number of Topliss-reactive ketones (excluding diaryl/α,β-unsaturated/α-hetero) is 1. The highest BCUT2D eigenvalue weighted by atomic mass is 16.5. The molecule has 3 aromatic carbocycles. The van der Waals surface area contributed by atoms with Crippen molar-refractivity contribution in [1.29, 1.82) is 0 Å². The average Bonchev–Trinajstić information content (AvgIpc) is 3.41. The molecule has 0 radical (unpaired) electrons. The minimum atomic E-state index is -1.19. The van der Waals surface area contributed by atoms with Crippen molar-refractivity contribution in [3.05, 3.63) is 120 Å². The number of rotatable bonds is 8. The number of allylic oxidation sites excluding steroid dienone is 4. The van der Waals surface area contributed by atoms with E-state index in [4.69, 9.17) is 4.74 Å². The monoisotopic (exact) mass is 686 g/mol. The molecule has 51 heavy (non-hydrogen) atoms. The van der Waals surface area contributed by atoms with Crippen LogP contribution in [-0.4, -0.2) is 52.3 Å². The van der Waals surface area contributed by atoms with Crippen LogP contribution in [0.5, 0.6) is 5.75 Å². The van der Waals surface area contributed by atoms with Gasteiger partial charge in [0, 0.05) is 39.6 Å². The normalized spacial score (nSPS) is 35.9. The zero-order valence-corrected chi connectivity index (χ0v) is 30.0. The number of hydrogen-bond acceptors (Lipinski definition) is 5. The van der Waals surface area contributed by atoms with Gasteiger partial charge in [-0.15, -0.1) is 0 Å². The largest absolute Gasteiger partial charge is 0.497 e. The number of fused-ring (bicyclic) bond motifs is 1. The van der Waals surface area contributed by atoms with E-state index >= 15 is 0 Å². The Morgan fingerprint density at radius 2 is 1.49 bits per heavy atom. The molecule has 2 spiro atoms. The van der Waals surface area contributed by atoms with Gasteiger partial charge in [-0.3, -0.25) is 4.79 Å². The zero-order chi connectivity index (χ0) is 35.6. The molecule has 8 atom stereocenters. The molecule has 2 bridgehead atoms. The Balaban J connectivity index is 1.17. The number of nitrogens with one attached hydrogen (secondary N) is 1.